The van der Waals surface area contributed by atoms with Crippen molar-refractivity contribution in [1.82, 2.24) is 0 Å². The average molecular weight is 327 g/mol. The number of hydrogen-bond acceptors (Lipinski definition) is 2. The summed E-state index contributed by atoms with van der Waals surface area (Å²) < 4.78 is 0. The smallest absolute Gasteiger partial charge is 0.0242 e. The third-order valence-electron chi connectivity index (χ3n) is 3.34. The minimum Gasteiger partial charge on any atom is -0.0893 e. The summed E-state index contributed by atoms with van der Waals surface area (Å²) in [6.45, 7) is 12.9. The highest BCUT2D eigenvalue weighted by Crippen LogP contribution is 2.42. The maximum atomic E-state index is 4.32. The van der Waals surface area contributed by atoms with E-state index in [0.29, 0.717) is 0 Å². The van der Waals surface area contributed by atoms with Crippen molar-refractivity contribution in [2.24, 2.45) is 0 Å². The van der Waals surface area contributed by atoms with Gasteiger partial charge in [-0.15, -0.1) is 0 Å². The molecule has 2 rings (SSSR count). The summed E-state index contributed by atoms with van der Waals surface area (Å²) in [7, 11) is 0. The van der Waals surface area contributed by atoms with E-state index in [-0.39, 0.29) is 0 Å². The Morgan fingerprint density at radius 2 is 1.23 bits per heavy atom. The molecule has 0 heterocycles. The zero-order valence-electron chi connectivity index (χ0n) is 13.6. The highest BCUT2D eigenvalue weighted by atomic mass is 32.2. The van der Waals surface area contributed by atoms with Gasteiger partial charge in [-0.05, 0) is 51.0 Å². The van der Waals surface area contributed by atoms with Crippen LogP contribution in [0.5, 0.6) is 0 Å². The third-order valence-corrected chi connectivity index (χ3v) is 6.13. The van der Waals surface area contributed by atoms with E-state index in [1.165, 1.54) is 31.4 Å². The minimum absolute atomic E-state index is 1.11. The van der Waals surface area contributed by atoms with Gasteiger partial charge in [-0.3, -0.25) is 0 Å². The van der Waals surface area contributed by atoms with Gasteiger partial charge >= 0.3 is 0 Å². The Kier molecular flexibility index (Phi) is 5.98. The van der Waals surface area contributed by atoms with E-state index in [4.69, 9.17) is 0 Å². The van der Waals surface area contributed by atoms with Gasteiger partial charge in [0.15, 0.2) is 0 Å². The molecule has 0 aliphatic rings. The quantitative estimate of drug-likeness (QED) is 0.429. The van der Waals surface area contributed by atoms with Crippen LogP contribution < -0.4 is 0 Å². The second kappa shape index (κ2) is 7.75. The molecule has 0 nitrogen and oxygen atoms in total. The summed E-state index contributed by atoms with van der Waals surface area (Å²) in [5.41, 5.74) is 3.90. The first-order valence-corrected chi connectivity index (χ1v) is 8.96. The van der Waals surface area contributed by atoms with Crippen molar-refractivity contribution in [3.8, 4) is 0 Å². The van der Waals surface area contributed by atoms with Crippen molar-refractivity contribution in [3.63, 3.8) is 0 Å². The first-order chi connectivity index (χ1) is 10.5. The monoisotopic (exact) mass is 326 g/mol. The molecule has 0 aromatic heterocycles. The van der Waals surface area contributed by atoms with E-state index >= 15 is 0 Å². The van der Waals surface area contributed by atoms with Crippen molar-refractivity contribution in [2.75, 3.05) is 0 Å². The molecule has 2 aromatic rings. The molecule has 0 atom stereocenters. The molecule has 22 heavy (non-hydrogen) atoms. The fraction of sp³-hybridized carbons (Fsp3) is 0.200. The molecule has 0 radical (unpaired) electrons. The largest absolute Gasteiger partial charge is 0.0893 e. The zero-order valence-corrected chi connectivity index (χ0v) is 15.3. The van der Waals surface area contributed by atoms with Crippen molar-refractivity contribution >= 4 is 23.5 Å². The molecule has 0 amide bonds. The van der Waals surface area contributed by atoms with Gasteiger partial charge in [0.05, 0.1) is 0 Å². The average Bonchev–Trinajstić information content (AvgIpc) is 2.48. The Hall–Kier alpha value is -1.38. The molecule has 0 unspecified atom stereocenters. The topological polar surface area (TPSA) is 0 Å². The lowest BCUT2D eigenvalue weighted by Gasteiger charge is -2.15. The number of hydrogen-bond donors (Lipinski definition) is 0. The summed E-state index contributed by atoms with van der Waals surface area (Å²) in [6.07, 6.45) is 0. The molecule has 2 aromatic carbocycles. The summed E-state index contributed by atoms with van der Waals surface area (Å²) >= 11 is 3.57. The number of allylic oxidation sites excluding steroid dienone is 1. The molecule has 0 aliphatic carbocycles. The van der Waals surface area contributed by atoms with Crippen molar-refractivity contribution < 1.29 is 0 Å². The standard InChI is InChI=1S/C20H22S2/c1-14(2)20(22-19-13-9-7-11-16(19)4)17(5)21-18-12-8-6-10-15(18)3/h6-13H,5H2,1-4H3. The highest BCUT2D eigenvalue weighted by molar-refractivity contribution is 8.08. The second-order valence-electron chi connectivity index (χ2n) is 5.49. The van der Waals surface area contributed by atoms with Crippen LogP contribution >= 0.6 is 23.5 Å². The Morgan fingerprint density at radius 1 is 0.773 bits per heavy atom. The van der Waals surface area contributed by atoms with Gasteiger partial charge < -0.3 is 0 Å². The SMILES string of the molecule is C=C(Sc1ccccc1C)C(Sc1ccccc1C)=C(C)C. The van der Waals surface area contributed by atoms with Gasteiger partial charge in [0.25, 0.3) is 0 Å². The molecule has 0 saturated carbocycles. The molecule has 0 saturated heterocycles. The Labute approximate surface area is 142 Å². The summed E-state index contributed by atoms with van der Waals surface area (Å²) in [5.74, 6) is 0. The number of benzene rings is 2. The molecule has 0 bridgehead atoms. The van der Waals surface area contributed by atoms with Gasteiger partial charge in [0.2, 0.25) is 0 Å². The third kappa shape index (κ3) is 4.31. The van der Waals surface area contributed by atoms with E-state index in [1.54, 1.807) is 11.8 Å². The van der Waals surface area contributed by atoms with Gasteiger partial charge in [0.1, 0.15) is 0 Å². The minimum atomic E-state index is 1.11. The predicted molar refractivity (Wildman–Crippen MR) is 102 cm³/mol. The Morgan fingerprint density at radius 3 is 1.68 bits per heavy atom. The van der Waals surface area contributed by atoms with Gasteiger partial charge in [-0.25, -0.2) is 0 Å². The maximum absolute atomic E-state index is 4.32. The lowest BCUT2D eigenvalue weighted by molar-refractivity contribution is 1.30. The molecule has 0 fully saturated rings. The van der Waals surface area contributed by atoms with Crippen molar-refractivity contribution in [1.29, 1.82) is 0 Å². The fourth-order valence-corrected chi connectivity index (χ4v) is 4.17. The fourth-order valence-electron chi connectivity index (χ4n) is 2.07. The van der Waals surface area contributed by atoms with Crippen LogP contribution in [-0.2, 0) is 0 Å². The van der Waals surface area contributed by atoms with Crippen molar-refractivity contribution in [3.05, 3.63) is 81.6 Å². The molecular weight excluding hydrogens is 304 g/mol. The first-order valence-electron chi connectivity index (χ1n) is 7.32. The van der Waals surface area contributed by atoms with Crippen LogP contribution in [0.2, 0.25) is 0 Å². The van der Waals surface area contributed by atoms with E-state index in [1.807, 2.05) is 11.8 Å². The van der Waals surface area contributed by atoms with Crippen LogP contribution in [0.3, 0.4) is 0 Å². The van der Waals surface area contributed by atoms with E-state index < -0.39 is 0 Å². The first kappa shape index (κ1) is 17.0. The molecular formula is C20H22S2. The van der Waals surface area contributed by atoms with Crippen LogP contribution in [-0.4, -0.2) is 0 Å². The molecule has 0 aliphatic heterocycles. The van der Waals surface area contributed by atoms with Crippen LogP contribution in [0.15, 0.2) is 80.3 Å². The Balaban J connectivity index is 2.23. The summed E-state index contributed by atoms with van der Waals surface area (Å²) in [4.78, 5) is 4.95. The zero-order chi connectivity index (χ0) is 16.1. The lowest BCUT2D eigenvalue weighted by atomic mass is 10.2. The number of thioether (sulfide) groups is 2. The number of rotatable bonds is 5. The molecule has 0 spiro atoms. The Bertz CT molecular complexity index is 707. The molecule has 0 N–H and O–H groups in total. The van der Waals surface area contributed by atoms with E-state index in [2.05, 4.69) is 82.8 Å². The van der Waals surface area contributed by atoms with Crippen LogP contribution in [0, 0.1) is 13.8 Å². The normalized spacial score (nSPS) is 10.4. The maximum Gasteiger partial charge on any atom is 0.0242 e. The van der Waals surface area contributed by atoms with Gasteiger partial charge in [-0.2, -0.15) is 0 Å². The van der Waals surface area contributed by atoms with Crippen LogP contribution in [0.1, 0.15) is 25.0 Å². The summed E-state index contributed by atoms with van der Waals surface area (Å²) in [5, 5.41) is 0. The van der Waals surface area contributed by atoms with Gasteiger partial charge in [0, 0.05) is 19.6 Å². The lowest BCUT2D eigenvalue weighted by Crippen LogP contribution is -1.88. The van der Waals surface area contributed by atoms with Crippen LogP contribution in [0.25, 0.3) is 0 Å². The second-order valence-corrected chi connectivity index (χ2v) is 7.68. The van der Waals surface area contributed by atoms with Gasteiger partial charge in [-0.1, -0.05) is 72.1 Å². The summed E-state index contributed by atoms with van der Waals surface area (Å²) in [6, 6.07) is 17.0. The van der Waals surface area contributed by atoms with Crippen LogP contribution in [0.4, 0.5) is 0 Å². The molecule has 2 heteroatoms. The van der Waals surface area contributed by atoms with Crippen molar-refractivity contribution in [2.45, 2.75) is 37.5 Å². The highest BCUT2D eigenvalue weighted by Gasteiger charge is 2.11. The predicted octanol–water partition coefficient (Wildman–Crippen LogP) is 7.00. The molecule has 114 valence electrons. The van der Waals surface area contributed by atoms with E-state index in [9.17, 15) is 0 Å². The number of aryl methyl sites for hydroxylation is 2. The van der Waals surface area contributed by atoms with E-state index in [0.717, 1.165) is 4.91 Å².